The molecule has 0 saturated carbocycles. The van der Waals surface area contributed by atoms with Crippen LogP contribution in [0.3, 0.4) is 0 Å². The normalized spacial score (nSPS) is 13.5. The van der Waals surface area contributed by atoms with Gasteiger partial charge in [0, 0.05) is 24.2 Å². The quantitative estimate of drug-likeness (QED) is 0.691. The highest BCUT2D eigenvalue weighted by Gasteiger charge is 2.30. The third-order valence-corrected chi connectivity index (χ3v) is 5.48. The van der Waals surface area contributed by atoms with E-state index in [9.17, 15) is 14.4 Å². The second-order valence-corrected chi connectivity index (χ2v) is 7.51. The molecule has 0 saturated heterocycles. The van der Waals surface area contributed by atoms with E-state index in [0.717, 1.165) is 23.2 Å². The molecular weight excluding hydrogens is 392 g/mol. The lowest BCUT2D eigenvalue weighted by Gasteiger charge is -2.23. The van der Waals surface area contributed by atoms with Gasteiger partial charge in [-0.05, 0) is 31.0 Å². The molecule has 1 aliphatic rings. The van der Waals surface area contributed by atoms with E-state index >= 15 is 0 Å². The van der Waals surface area contributed by atoms with Crippen LogP contribution in [0.5, 0.6) is 0 Å². The highest BCUT2D eigenvalue weighted by molar-refractivity contribution is 5.98. The highest BCUT2D eigenvalue weighted by Crippen LogP contribution is 2.29. The monoisotopic (exact) mass is 416 g/mol. The number of amides is 2. The largest absolute Gasteiger partial charge is 0.321 e. The Morgan fingerprint density at radius 2 is 1.81 bits per heavy atom. The maximum atomic E-state index is 13.3. The number of carbonyl (C=O) groups is 2. The molecule has 2 heterocycles. The summed E-state index contributed by atoms with van der Waals surface area (Å²) in [4.78, 5) is 40.2. The van der Waals surface area contributed by atoms with E-state index in [1.807, 2.05) is 54.6 Å². The van der Waals surface area contributed by atoms with Crippen molar-refractivity contribution in [3.8, 4) is 11.3 Å². The lowest BCUT2D eigenvalue weighted by atomic mass is 10.1. The fourth-order valence-corrected chi connectivity index (χ4v) is 3.75. The molecule has 2 aromatic carbocycles. The molecule has 1 aliphatic heterocycles. The fraction of sp³-hybridized carbons (Fsp3) is 0.250. The van der Waals surface area contributed by atoms with Crippen molar-refractivity contribution in [2.45, 2.75) is 32.7 Å². The zero-order valence-corrected chi connectivity index (χ0v) is 17.5. The van der Waals surface area contributed by atoms with Crippen LogP contribution in [0.1, 0.15) is 31.9 Å². The molecule has 0 bridgehead atoms. The first kappa shape index (κ1) is 20.5. The third-order valence-electron chi connectivity index (χ3n) is 5.48. The van der Waals surface area contributed by atoms with Crippen LogP contribution in [0.2, 0.25) is 0 Å². The maximum Gasteiger partial charge on any atom is 0.291 e. The molecule has 7 heteroatoms. The number of benzene rings is 2. The molecule has 1 N–H and O–H groups in total. The van der Waals surface area contributed by atoms with Gasteiger partial charge in [0.2, 0.25) is 5.91 Å². The van der Waals surface area contributed by atoms with Crippen molar-refractivity contribution >= 4 is 23.2 Å². The second-order valence-electron chi connectivity index (χ2n) is 7.51. The third kappa shape index (κ3) is 3.99. The summed E-state index contributed by atoms with van der Waals surface area (Å²) in [5, 5.41) is 7.14. The molecule has 1 aromatic heterocycles. The molecule has 0 radical (unpaired) electrons. The number of aromatic nitrogens is 2. The molecule has 3 aromatic rings. The Hall–Kier alpha value is -3.74. The summed E-state index contributed by atoms with van der Waals surface area (Å²) in [6, 6.07) is 17.8. The number of anilines is 2. The average molecular weight is 416 g/mol. The average Bonchev–Trinajstić information content (AvgIpc) is 3.24. The van der Waals surface area contributed by atoms with Crippen LogP contribution < -0.4 is 15.8 Å². The molecule has 0 spiro atoms. The van der Waals surface area contributed by atoms with Crippen LogP contribution >= 0.6 is 0 Å². The van der Waals surface area contributed by atoms with Gasteiger partial charge in [-0.25, -0.2) is 4.68 Å². The van der Waals surface area contributed by atoms with E-state index in [2.05, 4.69) is 10.4 Å². The van der Waals surface area contributed by atoms with E-state index in [1.165, 1.54) is 4.68 Å². The predicted molar refractivity (Wildman–Crippen MR) is 120 cm³/mol. The van der Waals surface area contributed by atoms with Gasteiger partial charge >= 0.3 is 0 Å². The van der Waals surface area contributed by atoms with Gasteiger partial charge in [-0.3, -0.25) is 14.4 Å². The Bertz CT molecular complexity index is 1190. The van der Waals surface area contributed by atoms with Crippen LogP contribution in [0.15, 0.2) is 65.5 Å². The number of rotatable bonds is 5. The highest BCUT2D eigenvalue weighted by atomic mass is 16.2. The van der Waals surface area contributed by atoms with Gasteiger partial charge in [-0.1, -0.05) is 55.5 Å². The molecule has 31 heavy (non-hydrogen) atoms. The van der Waals surface area contributed by atoms with Crippen LogP contribution in [0.25, 0.3) is 11.3 Å². The maximum absolute atomic E-state index is 13.3. The molecule has 0 aliphatic carbocycles. The minimum absolute atomic E-state index is 0.113. The smallest absolute Gasteiger partial charge is 0.291 e. The first-order valence-electron chi connectivity index (χ1n) is 10.4. The number of nitrogens with zero attached hydrogens (tertiary/aromatic N) is 3. The molecule has 158 valence electrons. The minimum atomic E-state index is -0.834. The Kier molecular flexibility index (Phi) is 5.66. The molecule has 4 rings (SSSR count). The molecule has 7 nitrogen and oxygen atoms in total. The Morgan fingerprint density at radius 1 is 1.10 bits per heavy atom. The topological polar surface area (TPSA) is 84.3 Å². The summed E-state index contributed by atoms with van der Waals surface area (Å²) in [5.41, 5.74) is 2.88. The fourth-order valence-electron chi connectivity index (χ4n) is 3.75. The summed E-state index contributed by atoms with van der Waals surface area (Å²) < 4.78 is 1.18. The summed E-state index contributed by atoms with van der Waals surface area (Å²) in [7, 11) is 0. The first-order valence-corrected chi connectivity index (χ1v) is 10.4. The summed E-state index contributed by atoms with van der Waals surface area (Å²) >= 11 is 0. The van der Waals surface area contributed by atoms with Crippen molar-refractivity contribution < 1.29 is 9.59 Å². The van der Waals surface area contributed by atoms with Crippen molar-refractivity contribution in [3.63, 3.8) is 0 Å². The van der Waals surface area contributed by atoms with Crippen LogP contribution in [-0.2, 0) is 16.0 Å². The molecule has 1 atom stereocenters. The van der Waals surface area contributed by atoms with Gasteiger partial charge in [0.1, 0.15) is 11.7 Å². The van der Waals surface area contributed by atoms with E-state index in [4.69, 9.17) is 0 Å². The van der Waals surface area contributed by atoms with Crippen molar-refractivity contribution in [1.29, 1.82) is 0 Å². The van der Waals surface area contributed by atoms with Crippen molar-refractivity contribution in [3.05, 3.63) is 76.6 Å². The zero-order chi connectivity index (χ0) is 22.0. The summed E-state index contributed by atoms with van der Waals surface area (Å²) in [6.45, 7) is 3.94. The SMILES string of the molecule is CCC(=O)Nc1cc(-c2ccccc2)nn([C@H](C)C(=O)N2CCc3ccccc32)c1=O. The van der Waals surface area contributed by atoms with E-state index in [0.29, 0.717) is 12.2 Å². The van der Waals surface area contributed by atoms with Gasteiger partial charge in [-0.15, -0.1) is 0 Å². The van der Waals surface area contributed by atoms with Crippen LogP contribution in [0.4, 0.5) is 11.4 Å². The molecule has 0 unspecified atom stereocenters. The standard InChI is InChI=1S/C24H24N4O3/c1-3-22(29)25-20-15-19(17-9-5-4-6-10-17)26-28(24(20)31)16(2)23(30)27-14-13-18-11-7-8-12-21(18)27/h4-12,15-16H,3,13-14H2,1-2H3,(H,25,29)/t16-/m1/s1. The lowest BCUT2D eigenvalue weighted by molar-refractivity contribution is -0.121. The second kappa shape index (κ2) is 8.55. The number of hydrogen-bond acceptors (Lipinski definition) is 4. The van der Waals surface area contributed by atoms with Crippen LogP contribution in [0, 0.1) is 0 Å². The Morgan fingerprint density at radius 3 is 2.55 bits per heavy atom. The zero-order valence-electron chi connectivity index (χ0n) is 17.5. The predicted octanol–water partition coefficient (Wildman–Crippen LogP) is 3.41. The minimum Gasteiger partial charge on any atom is -0.321 e. The number of fused-ring (bicyclic) bond motifs is 1. The molecule has 0 fully saturated rings. The van der Waals surface area contributed by atoms with Gasteiger partial charge in [0.15, 0.2) is 0 Å². The number of nitrogens with one attached hydrogen (secondary N) is 1. The van der Waals surface area contributed by atoms with E-state index in [1.54, 1.807) is 24.8 Å². The van der Waals surface area contributed by atoms with Crippen molar-refractivity contribution in [2.24, 2.45) is 0 Å². The number of hydrogen-bond donors (Lipinski definition) is 1. The summed E-state index contributed by atoms with van der Waals surface area (Å²) in [6.07, 6.45) is 1.01. The number of carbonyl (C=O) groups excluding carboxylic acids is 2. The Labute approximate surface area is 180 Å². The van der Waals surface area contributed by atoms with Gasteiger partial charge in [0.05, 0.1) is 5.69 Å². The first-order chi connectivity index (χ1) is 15.0. The molecular formula is C24H24N4O3. The van der Waals surface area contributed by atoms with E-state index in [-0.39, 0.29) is 23.9 Å². The van der Waals surface area contributed by atoms with Gasteiger partial charge < -0.3 is 10.2 Å². The van der Waals surface area contributed by atoms with Crippen molar-refractivity contribution in [1.82, 2.24) is 9.78 Å². The van der Waals surface area contributed by atoms with Crippen LogP contribution in [-0.4, -0.2) is 28.1 Å². The molecule has 2 amide bonds. The number of para-hydroxylation sites is 1. The Balaban J connectivity index is 1.76. The summed E-state index contributed by atoms with van der Waals surface area (Å²) in [5.74, 6) is -0.487. The van der Waals surface area contributed by atoms with Gasteiger partial charge in [-0.2, -0.15) is 5.10 Å². The van der Waals surface area contributed by atoms with E-state index < -0.39 is 11.6 Å². The van der Waals surface area contributed by atoms with Crippen molar-refractivity contribution in [2.75, 3.05) is 16.8 Å². The lowest BCUT2D eigenvalue weighted by Crippen LogP contribution is -2.40. The van der Waals surface area contributed by atoms with Gasteiger partial charge in [0.25, 0.3) is 11.5 Å².